The van der Waals surface area contributed by atoms with Crippen molar-refractivity contribution in [1.29, 1.82) is 0 Å². The molecule has 0 amide bonds. The number of hydrogen-bond acceptors (Lipinski definition) is 3. The van der Waals surface area contributed by atoms with Crippen LogP contribution in [0.25, 0.3) is 11.1 Å². The number of ether oxygens (including phenoxy) is 2. The number of unbranched alkanes of at least 4 members (excludes halogenated alkanes) is 4. The van der Waals surface area contributed by atoms with E-state index < -0.39 is 0 Å². The molecule has 2 aromatic carbocycles. The Balaban J connectivity index is 1.88. The standard InChI is InChI=1S/C28H41NO2/c1-5-7-9-18-30-24-14-15-26(28(20-24)31-19-10-8-6-2)25-13-11-12-23-16-17-29(22(3)4)21-27(23)25/h11-15,20,22H,5-10,16-19,21H2,1-4H3. The van der Waals surface area contributed by atoms with Gasteiger partial charge in [0, 0.05) is 30.8 Å². The van der Waals surface area contributed by atoms with Gasteiger partial charge in [0.2, 0.25) is 0 Å². The molecule has 0 N–H and O–H groups in total. The van der Waals surface area contributed by atoms with Gasteiger partial charge in [0.15, 0.2) is 0 Å². The fourth-order valence-corrected chi connectivity index (χ4v) is 4.31. The molecule has 0 radical (unpaired) electrons. The van der Waals surface area contributed by atoms with E-state index in [-0.39, 0.29) is 0 Å². The quantitative estimate of drug-likeness (QED) is 0.335. The number of rotatable bonds is 12. The van der Waals surface area contributed by atoms with Gasteiger partial charge >= 0.3 is 0 Å². The average molecular weight is 424 g/mol. The van der Waals surface area contributed by atoms with Crippen molar-refractivity contribution < 1.29 is 9.47 Å². The Kier molecular flexibility index (Phi) is 9.27. The highest BCUT2D eigenvalue weighted by Crippen LogP contribution is 2.38. The smallest absolute Gasteiger partial charge is 0.130 e. The predicted octanol–water partition coefficient (Wildman–Crippen LogP) is 7.26. The second-order valence-electron chi connectivity index (χ2n) is 9.03. The molecule has 1 aliphatic rings. The van der Waals surface area contributed by atoms with Gasteiger partial charge in [0.25, 0.3) is 0 Å². The summed E-state index contributed by atoms with van der Waals surface area (Å²) in [4.78, 5) is 2.57. The first-order chi connectivity index (χ1) is 15.1. The van der Waals surface area contributed by atoms with Crippen LogP contribution in [0.3, 0.4) is 0 Å². The van der Waals surface area contributed by atoms with Gasteiger partial charge in [-0.15, -0.1) is 0 Å². The minimum absolute atomic E-state index is 0.560. The van der Waals surface area contributed by atoms with Gasteiger partial charge in [-0.2, -0.15) is 0 Å². The maximum Gasteiger partial charge on any atom is 0.130 e. The van der Waals surface area contributed by atoms with Crippen LogP contribution in [0.5, 0.6) is 11.5 Å². The summed E-state index contributed by atoms with van der Waals surface area (Å²) < 4.78 is 12.4. The minimum atomic E-state index is 0.560. The summed E-state index contributed by atoms with van der Waals surface area (Å²) in [6, 6.07) is 13.7. The van der Waals surface area contributed by atoms with Gasteiger partial charge in [0.05, 0.1) is 13.2 Å². The van der Waals surface area contributed by atoms with E-state index in [4.69, 9.17) is 9.47 Å². The first-order valence-corrected chi connectivity index (χ1v) is 12.4. The highest BCUT2D eigenvalue weighted by atomic mass is 16.5. The third kappa shape index (κ3) is 6.49. The molecule has 0 aliphatic carbocycles. The van der Waals surface area contributed by atoms with Gasteiger partial charge < -0.3 is 9.47 Å². The van der Waals surface area contributed by atoms with E-state index in [0.717, 1.165) is 57.1 Å². The molecule has 0 fully saturated rings. The van der Waals surface area contributed by atoms with Crippen LogP contribution in [0.2, 0.25) is 0 Å². The van der Waals surface area contributed by atoms with E-state index in [1.54, 1.807) is 0 Å². The van der Waals surface area contributed by atoms with Crippen LogP contribution in [-0.2, 0) is 13.0 Å². The Bertz CT molecular complexity index is 815. The van der Waals surface area contributed by atoms with Crippen LogP contribution in [0, 0.1) is 0 Å². The minimum Gasteiger partial charge on any atom is -0.493 e. The number of nitrogens with zero attached hydrogens (tertiary/aromatic N) is 1. The normalized spacial score (nSPS) is 14.0. The first kappa shape index (κ1) is 23.7. The SMILES string of the molecule is CCCCCOc1ccc(-c2cccc3c2CN(C(C)C)CC3)c(OCCCCC)c1. The lowest BCUT2D eigenvalue weighted by atomic mass is 9.90. The molecule has 1 heterocycles. The topological polar surface area (TPSA) is 21.7 Å². The second kappa shape index (κ2) is 12.1. The lowest BCUT2D eigenvalue weighted by Gasteiger charge is -2.33. The molecule has 0 saturated carbocycles. The Labute approximate surface area is 189 Å². The molecule has 2 aromatic rings. The van der Waals surface area contributed by atoms with E-state index in [0.29, 0.717) is 6.04 Å². The highest BCUT2D eigenvalue weighted by molar-refractivity contribution is 5.75. The number of benzene rings is 2. The molecule has 31 heavy (non-hydrogen) atoms. The molecule has 3 heteroatoms. The van der Waals surface area contributed by atoms with Crippen molar-refractivity contribution in [3.63, 3.8) is 0 Å². The number of hydrogen-bond donors (Lipinski definition) is 0. The zero-order chi connectivity index (χ0) is 22.1. The van der Waals surface area contributed by atoms with Crippen LogP contribution >= 0.6 is 0 Å². The second-order valence-corrected chi connectivity index (χ2v) is 9.03. The van der Waals surface area contributed by atoms with Gasteiger partial charge in [-0.05, 0) is 61.9 Å². The molecule has 3 rings (SSSR count). The average Bonchev–Trinajstić information content (AvgIpc) is 2.79. The fraction of sp³-hybridized carbons (Fsp3) is 0.571. The molecule has 170 valence electrons. The molecule has 3 nitrogen and oxygen atoms in total. The van der Waals surface area contributed by atoms with E-state index >= 15 is 0 Å². The Morgan fingerprint density at radius 1 is 0.871 bits per heavy atom. The van der Waals surface area contributed by atoms with E-state index in [9.17, 15) is 0 Å². The molecule has 0 spiro atoms. The molecule has 0 aromatic heterocycles. The van der Waals surface area contributed by atoms with Crippen LogP contribution in [0.4, 0.5) is 0 Å². The fourth-order valence-electron chi connectivity index (χ4n) is 4.31. The molecular weight excluding hydrogens is 382 g/mol. The Hall–Kier alpha value is -2.00. The van der Waals surface area contributed by atoms with E-state index in [1.165, 1.54) is 47.9 Å². The van der Waals surface area contributed by atoms with Crippen LogP contribution in [0.1, 0.15) is 77.3 Å². The monoisotopic (exact) mass is 423 g/mol. The van der Waals surface area contributed by atoms with Crippen LogP contribution in [-0.4, -0.2) is 30.7 Å². The summed E-state index contributed by atoms with van der Waals surface area (Å²) >= 11 is 0. The zero-order valence-electron chi connectivity index (χ0n) is 20.1. The third-order valence-electron chi connectivity index (χ3n) is 6.30. The lowest BCUT2D eigenvalue weighted by Crippen LogP contribution is -2.36. The maximum atomic E-state index is 6.33. The van der Waals surface area contributed by atoms with Crippen molar-refractivity contribution in [2.45, 2.75) is 85.2 Å². The molecular formula is C28H41NO2. The third-order valence-corrected chi connectivity index (χ3v) is 6.30. The molecule has 0 bridgehead atoms. The maximum absolute atomic E-state index is 6.33. The zero-order valence-corrected chi connectivity index (χ0v) is 20.1. The van der Waals surface area contributed by atoms with Crippen molar-refractivity contribution >= 4 is 0 Å². The van der Waals surface area contributed by atoms with Crippen LogP contribution in [0.15, 0.2) is 36.4 Å². The van der Waals surface area contributed by atoms with Crippen molar-refractivity contribution in [2.75, 3.05) is 19.8 Å². The summed E-state index contributed by atoms with van der Waals surface area (Å²) in [6.45, 7) is 12.7. The highest BCUT2D eigenvalue weighted by Gasteiger charge is 2.22. The summed E-state index contributed by atoms with van der Waals surface area (Å²) in [5.74, 6) is 1.87. The van der Waals surface area contributed by atoms with Crippen molar-refractivity contribution in [1.82, 2.24) is 4.90 Å². The molecule has 0 unspecified atom stereocenters. The number of fused-ring (bicyclic) bond motifs is 1. The Morgan fingerprint density at radius 2 is 1.61 bits per heavy atom. The van der Waals surface area contributed by atoms with Crippen molar-refractivity contribution in [3.8, 4) is 22.6 Å². The molecule has 0 atom stereocenters. The molecule has 0 saturated heterocycles. The van der Waals surface area contributed by atoms with Gasteiger partial charge in [-0.3, -0.25) is 4.90 Å². The van der Waals surface area contributed by atoms with Gasteiger partial charge in [-0.25, -0.2) is 0 Å². The summed E-state index contributed by atoms with van der Waals surface area (Å²) in [5.41, 5.74) is 5.44. The van der Waals surface area contributed by atoms with E-state index in [1.807, 2.05) is 0 Å². The molecule has 1 aliphatic heterocycles. The first-order valence-electron chi connectivity index (χ1n) is 12.4. The van der Waals surface area contributed by atoms with Crippen molar-refractivity contribution in [2.24, 2.45) is 0 Å². The largest absolute Gasteiger partial charge is 0.493 e. The lowest BCUT2D eigenvalue weighted by molar-refractivity contribution is 0.204. The van der Waals surface area contributed by atoms with Gasteiger partial charge in [0.1, 0.15) is 11.5 Å². The van der Waals surface area contributed by atoms with Crippen LogP contribution < -0.4 is 9.47 Å². The van der Waals surface area contributed by atoms with E-state index in [2.05, 4.69) is 69.0 Å². The van der Waals surface area contributed by atoms with Gasteiger partial charge in [-0.1, -0.05) is 57.7 Å². The summed E-state index contributed by atoms with van der Waals surface area (Å²) in [7, 11) is 0. The van der Waals surface area contributed by atoms with Crippen molar-refractivity contribution in [3.05, 3.63) is 47.5 Å². The predicted molar refractivity (Wildman–Crippen MR) is 131 cm³/mol. The Morgan fingerprint density at radius 3 is 2.32 bits per heavy atom. The summed E-state index contributed by atoms with van der Waals surface area (Å²) in [5, 5.41) is 0. The summed E-state index contributed by atoms with van der Waals surface area (Å²) in [6.07, 6.45) is 8.13.